The van der Waals surface area contributed by atoms with Crippen molar-refractivity contribution in [3.05, 3.63) is 35.4 Å². The van der Waals surface area contributed by atoms with Gasteiger partial charge < -0.3 is 26.5 Å². The first-order chi connectivity index (χ1) is 20.5. The standard InChI is InChI=1S/C25H49NO.C10H15N.C2H6O.CH2O.CH4/c1-7-13-25(6)20(12-15-26)9-10-22(25)18(3)16-19(8-2)23-17-21(27)11-14-24(23,4)5;1-2-4-9-5-3-6-10(7-9)8-11;1-2-3;1-2;/h18-23,27H,7-17,26H2,1-6H3;3,5-7H,2,4,8,11H2,1H3;3H,2H2,1H3;1H2;1H4/t18?,19-,20?,21+,22?,23?,25?;;;;/m0..../s1. The highest BCUT2D eigenvalue weighted by Crippen LogP contribution is 2.56. The first kappa shape index (κ1) is 44.9. The van der Waals surface area contributed by atoms with Crippen molar-refractivity contribution < 1.29 is 15.0 Å². The third-order valence-electron chi connectivity index (χ3n) is 10.8. The summed E-state index contributed by atoms with van der Waals surface area (Å²) in [7, 11) is 0. The van der Waals surface area contributed by atoms with Gasteiger partial charge in [0.05, 0.1) is 6.10 Å². The zero-order valence-electron chi connectivity index (χ0n) is 29.5. The maximum absolute atomic E-state index is 10.3. The predicted octanol–water partition coefficient (Wildman–Crippen LogP) is 8.96. The monoisotopic (exact) mass is 621 g/mol. The van der Waals surface area contributed by atoms with E-state index >= 15 is 0 Å². The second kappa shape index (κ2) is 24.0. The zero-order chi connectivity index (χ0) is 33.1. The highest BCUT2D eigenvalue weighted by molar-refractivity contribution is 5.23. The third-order valence-corrected chi connectivity index (χ3v) is 10.8. The van der Waals surface area contributed by atoms with E-state index in [4.69, 9.17) is 21.4 Å². The van der Waals surface area contributed by atoms with Gasteiger partial charge in [-0.1, -0.05) is 99.4 Å². The lowest BCUT2D eigenvalue weighted by Crippen LogP contribution is -2.40. The number of rotatable bonds is 12. The van der Waals surface area contributed by atoms with Gasteiger partial charge in [0.25, 0.3) is 0 Å². The highest BCUT2D eigenvalue weighted by Gasteiger charge is 2.48. The molecule has 3 rings (SSSR count). The SMILES string of the molecule is C.C=O.CCCC1(C)C(CCN)CCC1C(C)C[C@H](CC)C1C[C@H](O)CCC1(C)C.CCCc1cccc(CN)c1.CCO. The average molecular weight is 621 g/mol. The van der Waals surface area contributed by atoms with Crippen LogP contribution in [-0.2, 0) is 17.8 Å². The minimum absolute atomic E-state index is 0. The fourth-order valence-corrected chi connectivity index (χ4v) is 8.62. The molecule has 0 saturated heterocycles. The van der Waals surface area contributed by atoms with Crippen molar-refractivity contribution >= 4 is 6.79 Å². The minimum Gasteiger partial charge on any atom is -0.397 e. The molecule has 0 bridgehead atoms. The largest absolute Gasteiger partial charge is 0.397 e. The van der Waals surface area contributed by atoms with Crippen LogP contribution in [0.3, 0.4) is 0 Å². The Kier molecular flexibility index (Phi) is 24.4. The number of carbonyl (C=O) groups excluding carboxylic acids is 1. The van der Waals surface area contributed by atoms with E-state index in [-0.39, 0.29) is 20.1 Å². The van der Waals surface area contributed by atoms with Crippen LogP contribution in [0.1, 0.15) is 145 Å². The van der Waals surface area contributed by atoms with Crippen LogP contribution in [-0.4, -0.2) is 36.3 Å². The molecule has 2 aliphatic rings. The van der Waals surface area contributed by atoms with Gasteiger partial charge >= 0.3 is 0 Å². The van der Waals surface area contributed by atoms with Gasteiger partial charge in [-0.3, -0.25) is 0 Å². The van der Waals surface area contributed by atoms with Crippen LogP contribution < -0.4 is 11.5 Å². The molecule has 1 aromatic rings. The molecule has 0 amide bonds. The van der Waals surface area contributed by atoms with Crippen molar-refractivity contribution in [2.24, 2.45) is 51.9 Å². The van der Waals surface area contributed by atoms with Crippen LogP contribution in [0.5, 0.6) is 0 Å². The molecule has 0 radical (unpaired) electrons. The smallest absolute Gasteiger partial charge is 0.106 e. The second-order valence-electron chi connectivity index (χ2n) is 14.2. The molecular formula is C39H76N2O3. The number of aliphatic hydroxyl groups excluding tert-OH is 2. The molecule has 260 valence electrons. The molecule has 44 heavy (non-hydrogen) atoms. The fourth-order valence-electron chi connectivity index (χ4n) is 8.62. The van der Waals surface area contributed by atoms with Crippen LogP contribution in [0.4, 0.5) is 0 Å². The summed E-state index contributed by atoms with van der Waals surface area (Å²) in [6.07, 6.45) is 14.7. The Hall–Kier alpha value is -1.27. The molecule has 7 atom stereocenters. The van der Waals surface area contributed by atoms with E-state index < -0.39 is 0 Å². The molecule has 2 aliphatic carbocycles. The summed E-state index contributed by atoms with van der Waals surface area (Å²) in [4.78, 5) is 8.00. The minimum atomic E-state index is -0.0712. The molecule has 1 aromatic carbocycles. The lowest BCUT2D eigenvalue weighted by molar-refractivity contribution is -0.0980. The molecule has 5 nitrogen and oxygen atoms in total. The Labute approximate surface area is 274 Å². The van der Waals surface area contributed by atoms with E-state index in [0.717, 1.165) is 49.5 Å². The molecule has 0 aliphatic heterocycles. The van der Waals surface area contributed by atoms with Gasteiger partial charge in [0, 0.05) is 13.2 Å². The van der Waals surface area contributed by atoms with Crippen LogP contribution in [0.15, 0.2) is 24.3 Å². The maximum Gasteiger partial charge on any atom is 0.106 e. The van der Waals surface area contributed by atoms with Gasteiger partial charge in [-0.25, -0.2) is 0 Å². The average Bonchev–Trinajstić information content (AvgIpc) is 3.31. The number of carbonyl (C=O) groups is 1. The van der Waals surface area contributed by atoms with E-state index in [1.54, 1.807) is 6.92 Å². The summed E-state index contributed by atoms with van der Waals surface area (Å²) < 4.78 is 0. The Bertz CT molecular complexity index is 831. The molecule has 0 spiro atoms. The third kappa shape index (κ3) is 14.0. The van der Waals surface area contributed by atoms with Gasteiger partial charge in [-0.2, -0.15) is 0 Å². The van der Waals surface area contributed by atoms with Crippen molar-refractivity contribution in [2.45, 2.75) is 153 Å². The van der Waals surface area contributed by atoms with Gasteiger partial charge in [0.15, 0.2) is 0 Å². The predicted molar refractivity (Wildman–Crippen MR) is 193 cm³/mol. The number of hydrogen-bond donors (Lipinski definition) is 4. The van der Waals surface area contributed by atoms with E-state index in [9.17, 15) is 5.11 Å². The number of nitrogens with two attached hydrogens (primary N) is 2. The summed E-state index contributed by atoms with van der Waals surface area (Å²) in [5.41, 5.74) is 15.0. The van der Waals surface area contributed by atoms with Crippen molar-refractivity contribution in [1.82, 2.24) is 0 Å². The van der Waals surface area contributed by atoms with Gasteiger partial charge in [-0.15, -0.1) is 0 Å². The Balaban J connectivity index is 0. The Morgan fingerprint density at radius 1 is 0.977 bits per heavy atom. The fraction of sp³-hybridized carbons (Fsp3) is 0.821. The van der Waals surface area contributed by atoms with Crippen molar-refractivity contribution in [3.63, 3.8) is 0 Å². The molecule has 0 heterocycles. The second-order valence-corrected chi connectivity index (χ2v) is 14.2. The normalized spacial score (nSPS) is 26.7. The number of benzene rings is 1. The topological polar surface area (TPSA) is 110 Å². The van der Waals surface area contributed by atoms with Crippen molar-refractivity contribution in [2.75, 3.05) is 13.2 Å². The number of aliphatic hydroxyl groups is 2. The molecule has 2 saturated carbocycles. The summed E-state index contributed by atoms with van der Waals surface area (Å²) >= 11 is 0. The maximum atomic E-state index is 10.3. The van der Waals surface area contributed by atoms with E-state index in [0.29, 0.717) is 23.3 Å². The van der Waals surface area contributed by atoms with Crippen LogP contribution in [0, 0.1) is 40.4 Å². The van der Waals surface area contributed by atoms with Gasteiger partial charge in [0.1, 0.15) is 6.79 Å². The lowest BCUT2D eigenvalue weighted by atomic mass is 9.59. The molecule has 2 fully saturated rings. The Morgan fingerprint density at radius 2 is 1.59 bits per heavy atom. The van der Waals surface area contributed by atoms with Crippen molar-refractivity contribution in [3.8, 4) is 0 Å². The molecule has 5 heteroatoms. The van der Waals surface area contributed by atoms with E-state index in [1.807, 2.05) is 6.79 Å². The summed E-state index contributed by atoms with van der Waals surface area (Å²) in [6, 6.07) is 8.48. The zero-order valence-corrected chi connectivity index (χ0v) is 29.5. The molecular weight excluding hydrogens is 544 g/mol. The van der Waals surface area contributed by atoms with E-state index in [1.165, 1.54) is 68.9 Å². The summed E-state index contributed by atoms with van der Waals surface area (Å²) in [5.74, 6) is 3.88. The number of hydrogen-bond acceptors (Lipinski definition) is 5. The quantitative estimate of drug-likeness (QED) is 0.186. The summed E-state index contributed by atoms with van der Waals surface area (Å²) in [5, 5.41) is 17.9. The first-order valence-electron chi connectivity index (χ1n) is 17.5. The molecule has 6 N–H and O–H groups in total. The first-order valence-corrected chi connectivity index (χ1v) is 17.5. The highest BCUT2D eigenvalue weighted by atomic mass is 16.3. The number of aryl methyl sites for hydroxylation is 1. The van der Waals surface area contributed by atoms with E-state index in [2.05, 4.69) is 72.7 Å². The van der Waals surface area contributed by atoms with Crippen molar-refractivity contribution in [1.29, 1.82) is 0 Å². The Morgan fingerprint density at radius 3 is 2.11 bits per heavy atom. The van der Waals surface area contributed by atoms with Gasteiger partial charge in [0.2, 0.25) is 0 Å². The lowest BCUT2D eigenvalue weighted by Gasteiger charge is -2.47. The molecule has 5 unspecified atom stereocenters. The molecule has 0 aromatic heterocycles. The van der Waals surface area contributed by atoms with Crippen LogP contribution in [0.2, 0.25) is 0 Å². The summed E-state index contributed by atoms with van der Waals surface area (Å²) in [6.45, 7) is 22.4. The van der Waals surface area contributed by atoms with Crippen LogP contribution >= 0.6 is 0 Å². The van der Waals surface area contributed by atoms with Gasteiger partial charge in [-0.05, 0) is 123 Å². The van der Waals surface area contributed by atoms with Crippen LogP contribution in [0.25, 0.3) is 0 Å².